The van der Waals surface area contributed by atoms with E-state index in [-0.39, 0.29) is 11.3 Å². The highest BCUT2D eigenvalue weighted by Gasteiger charge is 1.99. The first-order valence-corrected chi connectivity index (χ1v) is 5.92. The summed E-state index contributed by atoms with van der Waals surface area (Å²) in [7, 11) is 0. The number of hydrogen-bond acceptors (Lipinski definition) is 3. The molecule has 0 aliphatic rings. The third-order valence-electron chi connectivity index (χ3n) is 2.11. The van der Waals surface area contributed by atoms with Gasteiger partial charge in [-0.3, -0.25) is 0 Å². The Balaban J connectivity index is 0.000000494. The molecule has 0 radical (unpaired) electrons. The second kappa shape index (κ2) is 9.24. The summed E-state index contributed by atoms with van der Waals surface area (Å²) in [6, 6.07) is 6.34. The van der Waals surface area contributed by atoms with E-state index in [1.54, 1.807) is 18.2 Å². The molecule has 0 bridgehead atoms. The SMILES string of the molecule is CC(=Cc1ccc(O)cc1)C(=O)O.CCNCC. The van der Waals surface area contributed by atoms with Crippen LogP contribution in [0.2, 0.25) is 0 Å². The van der Waals surface area contributed by atoms with Crippen molar-refractivity contribution in [3.05, 3.63) is 35.4 Å². The van der Waals surface area contributed by atoms with Crippen molar-refractivity contribution in [1.29, 1.82) is 0 Å². The van der Waals surface area contributed by atoms with Gasteiger partial charge < -0.3 is 15.5 Å². The van der Waals surface area contributed by atoms with Crippen LogP contribution in [-0.2, 0) is 4.79 Å². The zero-order valence-corrected chi connectivity index (χ0v) is 11.1. The Labute approximate surface area is 108 Å². The van der Waals surface area contributed by atoms with Gasteiger partial charge in [0.1, 0.15) is 5.75 Å². The minimum Gasteiger partial charge on any atom is -0.508 e. The molecule has 100 valence electrons. The monoisotopic (exact) mass is 251 g/mol. The number of rotatable bonds is 4. The number of hydrogen-bond donors (Lipinski definition) is 3. The van der Waals surface area contributed by atoms with E-state index in [2.05, 4.69) is 19.2 Å². The molecule has 0 saturated heterocycles. The number of phenols is 1. The lowest BCUT2D eigenvalue weighted by Gasteiger charge is -1.95. The molecule has 0 unspecified atom stereocenters. The lowest BCUT2D eigenvalue weighted by molar-refractivity contribution is -0.132. The van der Waals surface area contributed by atoms with Gasteiger partial charge in [-0.15, -0.1) is 0 Å². The molecule has 1 aromatic carbocycles. The van der Waals surface area contributed by atoms with E-state index in [9.17, 15) is 4.79 Å². The van der Waals surface area contributed by atoms with Gasteiger partial charge in [0.05, 0.1) is 0 Å². The first-order chi connectivity index (χ1) is 8.51. The van der Waals surface area contributed by atoms with Gasteiger partial charge in [0.25, 0.3) is 0 Å². The molecule has 0 aliphatic carbocycles. The van der Waals surface area contributed by atoms with Crippen LogP contribution in [0, 0.1) is 0 Å². The van der Waals surface area contributed by atoms with E-state index in [4.69, 9.17) is 10.2 Å². The van der Waals surface area contributed by atoms with Gasteiger partial charge >= 0.3 is 5.97 Å². The molecule has 0 heterocycles. The van der Waals surface area contributed by atoms with Gasteiger partial charge in [0.2, 0.25) is 0 Å². The van der Waals surface area contributed by atoms with Crippen molar-refractivity contribution in [2.75, 3.05) is 13.1 Å². The number of nitrogens with one attached hydrogen (secondary N) is 1. The first-order valence-electron chi connectivity index (χ1n) is 5.92. The van der Waals surface area contributed by atoms with Crippen LogP contribution in [0.25, 0.3) is 6.08 Å². The van der Waals surface area contributed by atoms with Gasteiger partial charge in [-0.05, 0) is 43.8 Å². The molecule has 0 amide bonds. The number of carboxylic acid groups (broad SMARTS) is 1. The highest BCUT2D eigenvalue weighted by atomic mass is 16.4. The summed E-state index contributed by atoms with van der Waals surface area (Å²) in [5, 5.41) is 20.7. The number of aliphatic carboxylic acids is 1. The number of carbonyl (C=O) groups is 1. The Kier molecular flexibility index (Phi) is 8.31. The Morgan fingerprint density at radius 1 is 1.22 bits per heavy atom. The Hall–Kier alpha value is -1.81. The van der Waals surface area contributed by atoms with E-state index >= 15 is 0 Å². The number of benzene rings is 1. The van der Waals surface area contributed by atoms with E-state index in [0.717, 1.165) is 18.7 Å². The molecular weight excluding hydrogens is 230 g/mol. The van der Waals surface area contributed by atoms with Crippen LogP contribution in [0.3, 0.4) is 0 Å². The van der Waals surface area contributed by atoms with Crippen molar-refractivity contribution in [2.45, 2.75) is 20.8 Å². The van der Waals surface area contributed by atoms with Crippen LogP contribution >= 0.6 is 0 Å². The summed E-state index contributed by atoms with van der Waals surface area (Å²) in [5.41, 5.74) is 1.03. The van der Waals surface area contributed by atoms with Crippen LogP contribution in [0.15, 0.2) is 29.8 Å². The second-order valence-electron chi connectivity index (χ2n) is 3.68. The van der Waals surface area contributed by atoms with E-state index in [0.29, 0.717) is 0 Å². The molecular formula is C14H21NO3. The molecule has 0 spiro atoms. The lowest BCUT2D eigenvalue weighted by atomic mass is 10.1. The van der Waals surface area contributed by atoms with Gasteiger partial charge in [-0.2, -0.15) is 0 Å². The molecule has 4 nitrogen and oxygen atoms in total. The van der Waals surface area contributed by atoms with Crippen molar-refractivity contribution in [1.82, 2.24) is 5.32 Å². The van der Waals surface area contributed by atoms with Crippen LogP contribution in [0.5, 0.6) is 5.75 Å². The second-order valence-corrected chi connectivity index (χ2v) is 3.68. The molecule has 0 aliphatic heterocycles. The maximum absolute atomic E-state index is 10.5. The fraction of sp³-hybridized carbons (Fsp3) is 0.357. The third-order valence-corrected chi connectivity index (χ3v) is 2.11. The lowest BCUT2D eigenvalue weighted by Crippen LogP contribution is -2.09. The first kappa shape index (κ1) is 16.2. The summed E-state index contributed by atoms with van der Waals surface area (Å²) in [4.78, 5) is 10.5. The Bertz CT molecular complexity index is 381. The maximum atomic E-state index is 10.5. The smallest absolute Gasteiger partial charge is 0.331 e. The number of phenolic OH excluding ortho intramolecular Hbond substituents is 1. The van der Waals surface area contributed by atoms with Gasteiger partial charge in [-0.1, -0.05) is 26.0 Å². The van der Waals surface area contributed by atoms with Crippen LogP contribution in [0.4, 0.5) is 0 Å². The van der Waals surface area contributed by atoms with Crippen molar-refractivity contribution in [2.24, 2.45) is 0 Å². The molecule has 1 rings (SSSR count). The normalized spacial score (nSPS) is 10.5. The van der Waals surface area contributed by atoms with Crippen molar-refractivity contribution < 1.29 is 15.0 Å². The number of aromatic hydroxyl groups is 1. The summed E-state index contributed by atoms with van der Waals surface area (Å²) < 4.78 is 0. The molecule has 18 heavy (non-hydrogen) atoms. The summed E-state index contributed by atoms with van der Waals surface area (Å²) in [5.74, 6) is -0.766. The molecule has 0 atom stereocenters. The minimum atomic E-state index is -0.937. The van der Waals surface area contributed by atoms with Crippen molar-refractivity contribution >= 4 is 12.0 Å². The zero-order valence-electron chi connectivity index (χ0n) is 11.1. The van der Waals surface area contributed by atoms with E-state index in [1.807, 2.05) is 0 Å². The predicted octanol–water partition coefficient (Wildman–Crippen LogP) is 2.50. The van der Waals surface area contributed by atoms with E-state index in [1.165, 1.54) is 19.1 Å². The fourth-order valence-corrected chi connectivity index (χ4v) is 1.13. The van der Waals surface area contributed by atoms with Crippen molar-refractivity contribution in [3.8, 4) is 5.75 Å². The molecule has 3 N–H and O–H groups in total. The topological polar surface area (TPSA) is 69.6 Å². The molecule has 4 heteroatoms. The minimum absolute atomic E-state index is 0.171. The van der Waals surface area contributed by atoms with Crippen LogP contribution in [0.1, 0.15) is 26.3 Å². The quantitative estimate of drug-likeness (QED) is 0.719. The predicted molar refractivity (Wildman–Crippen MR) is 73.6 cm³/mol. The Morgan fingerprint density at radius 3 is 2.06 bits per heavy atom. The molecule has 0 aromatic heterocycles. The zero-order chi connectivity index (χ0) is 14.0. The van der Waals surface area contributed by atoms with Gasteiger partial charge in [0.15, 0.2) is 0 Å². The van der Waals surface area contributed by atoms with Gasteiger partial charge in [0, 0.05) is 5.57 Å². The largest absolute Gasteiger partial charge is 0.508 e. The van der Waals surface area contributed by atoms with E-state index < -0.39 is 5.97 Å². The highest BCUT2D eigenvalue weighted by Crippen LogP contribution is 2.12. The van der Waals surface area contributed by atoms with Crippen LogP contribution in [-0.4, -0.2) is 29.3 Å². The summed E-state index contributed by atoms with van der Waals surface area (Å²) >= 11 is 0. The fourth-order valence-electron chi connectivity index (χ4n) is 1.13. The summed E-state index contributed by atoms with van der Waals surface area (Å²) in [6.07, 6.45) is 1.54. The average Bonchev–Trinajstić information content (AvgIpc) is 2.34. The number of carboxylic acids is 1. The van der Waals surface area contributed by atoms with Crippen molar-refractivity contribution in [3.63, 3.8) is 0 Å². The Morgan fingerprint density at radius 2 is 1.72 bits per heavy atom. The maximum Gasteiger partial charge on any atom is 0.331 e. The standard InChI is InChI=1S/C10H10O3.C4H11N/c1-7(10(12)13)6-8-2-4-9(11)5-3-8;1-3-5-4-2/h2-6,11H,1H3,(H,12,13);5H,3-4H2,1-2H3. The van der Waals surface area contributed by atoms with Gasteiger partial charge in [-0.25, -0.2) is 4.79 Å². The average molecular weight is 251 g/mol. The van der Waals surface area contributed by atoms with Crippen LogP contribution < -0.4 is 5.32 Å². The molecule has 1 aromatic rings. The summed E-state index contributed by atoms with van der Waals surface area (Å²) in [6.45, 7) is 7.91. The third kappa shape index (κ3) is 7.46. The highest BCUT2D eigenvalue weighted by molar-refractivity contribution is 5.91. The molecule has 0 fully saturated rings. The molecule has 0 saturated carbocycles.